The van der Waals surface area contributed by atoms with Gasteiger partial charge in [-0.2, -0.15) is 0 Å². The summed E-state index contributed by atoms with van der Waals surface area (Å²) in [5.41, 5.74) is 1.17. The Kier molecular flexibility index (Phi) is 4.16. The molecule has 0 amide bonds. The van der Waals surface area contributed by atoms with Crippen molar-refractivity contribution >= 4 is 11.8 Å². The second kappa shape index (κ2) is 6.41. The lowest BCUT2D eigenvalue weighted by Crippen LogP contribution is -2.06. The van der Waals surface area contributed by atoms with E-state index in [1.165, 1.54) is 5.56 Å². The summed E-state index contributed by atoms with van der Waals surface area (Å²) in [4.78, 5) is 1.07. The van der Waals surface area contributed by atoms with Crippen LogP contribution in [0.15, 0.2) is 59.5 Å². The summed E-state index contributed by atoms with van der Waals surface area (Å²) in [6, 6.07) is 17.2. The molecule has 3 rings (SSSR count). The van der Waals surface area contributed by atoms with Crippen molar-refractivity contribution in [3.05, 3.63) is 66.0 Å². The number of rotatable bonds is 5. The molecule has 0 atom stereocenters. The van der Waals surface area contributed by atoms with Gasteiger partial charge in [0.2, 0.25) is 0 Å². The van der Waals surface area contributed by atoms with Crippen molar-refractivity contribution in [2.45, 2.75) is 17.2 Å². The van der Waals surface area contributed by atoms with Gasteiger partial charge in [-0.25, -0.2) is 4.68 Å². The number of hydrogen-bond donors (Lipinski definition) is 1. The summed E-state index contributed by atoms with van der Waals surface area (Å²) in [6.07, 6.45) is 0. The SMILES string of the molecule is Oc1ccc(SCc2nnnn2Cc2ccccc2)cc1. The predicted molar refractivity (Wildman–Crippen MR) is 81.0 cm³/mol. The number of benzene rings is 2. The Labute approximate surface area is 126 Å². The second-order valence-corrected chi connectivity index (χ2v) is 5.57. The first kappa shape index (κ1) is 13.6. The topological polar surface area (TPSA) is 63.8 Å². The molecule has 5 nitrogen and oxygen atoms in total. The summed E-state index contributed by atoms with van der Waals surface area (Å²) < 4.78 is 1.81. The third kappa shape index (κ3) is 3.61. The number of tetrazole rings is 1. The fourth-order valence-electron chi connectivity index (χ4n) is 1.90. The Morgan fingerprint density at radius 3 is 2.52 bits per heavy atom. The molecule has 0 aliphatic heterocycles. The van der Waals surface area contributed by atoms with E-state index in [2.05, 4.69) is 27.7 Å². The molecule has 0 radical (unpaired) electrons. The molecule has 0 aliphatic carbocycles. The quantitative estimate of drug-likeness (QED) is 0.734. The van der Waals surface area contributed by atoms with Crippen LogP contribution in [0.1, 0.15) is 11.4 Å². The molecule has 0 saturated carbocycles. The smallest absolute Gasteiger partial charge is 0.161 e. The molecular formula is C15H14N4OS. The van der Waals surface area contributed by atoms with E-state index in [0.29, 0.717) is 12.3 Å². The van der Waals surface area contributed by atoms with Crippen molar-refractivity contribution in [3.8, 4) is 5.75 Å². The van der Waals surface area contributed by atoms with Gasteiger partial charge >= 0.3 is 0 Å². The number of phenols is 1. The van der Waals surface area contributed by atoms with Crippen LogP contribution in [0.5, 0.6) is 5.75 Å². The van der Waals surface area contributed by atoms with Crippen LogP contribution in [0, 0.1) is 0 Å². The van der Waals surface area contributed by atoms with Crippen LogP contribution in [0.25, 0.3) is 0 Å². The average molecular weight is 298 g/mol. The van der Waals surface area contributed by atoms with Crippen molar-refractivity contribution in [2.75, 3.05) is 0 Å². The van der Waals surface area contributed by atoms with E-state index in [1.807, 2.05) is 35.0 Å². The summed E-state index contributed by atoms with van der Waals surface area (Å²) in [5, 5.41) is 21.1. The first-order valence-electron chi connectivity index (χ1n) is 6.52. The lowest BCUT2D eigenvalue weighted by atomic mass is 10.2. The molecule has 21 heavy (non-hydrogen) atoms. The van der Waals surface area contributed by atoms with E-state index in [1.54, 1.807) is 23.9 Å². The van der Waals surface area contributed by atoms with Crippen LogP contribution in [-0.2, 0) is 12.3 Å². The van der Waals surface area contributed by atoms with Crippen molar-refractivity contribution in [1.82, 2.24) is 20.2 Å². The Morgan fingerprint density at radius 1 is 1.00 bits per heavy atom. The molecule has 1 heterocycles. The summed E-state index contributed by atoms with van der Waals surface area (Å²) in [6.45, 7) is 0.666. The van der Waals surface area contributed by atoms with E-state index in [4.69, 9.17) is 0 Å². The van der Waals surface area contributed by atoms with Crippen molar-refractivity contribution in [1.29, 1.82) is 0 Å². The molecule has 0 spiro atoms. The molecule has 106 valence electrons. The zero-order valence-electron chi connectivity index (χ0n) is 11.3. The third-order valence-corrected chi connectivity index (χ3v) is 3.99. The van der Waals surface area contributed by atoms with Crippen molar-refractivity contribution < 1.29 is 5.11 Å². The fourth-order valence-corrected chi connectivity index (χ4v) is 2.73. The highest BCUT2D eigenvalue weighted by Crippen LogP contribution is 2.23. The van der Waals surface area contributed by atoms with E-state index < -0.39 is 0 Å². The molecule has 1 aromatic heterocycles. The number of phenolic OH excluding ortho intramolecular Hbond substituents is 1. The minimum absolute atomic E-state index is 0.272. The molecule has 1 N–H and O–H groups in total. The van der Waals surface area contributed by atoms with Crippen molar-refractivity contribution in [2.24, 2.45) is 0 Å². The molecule has 0 aliphatic rings. The number of aromatic nitrogens is 4. The number of aromatic hydroxyl groups is 1. The van der Waals surface area contributed by atoms with E-state index in [-0.39, 0.29) is 5.75 Å². The highest BCUT2D eigenvalue weighted by atomic mass is 32.2. The molecular weight excluding hydrogens is 284 g/mol. The van der Waals surface area contributed by atoms with Gasteiger partial charge in [-0.3, -0.25) is 0 Å². The van der Waals surface area contributed by atoms with Gasteiger partial charge in [-0.05, 0) is 40.3 Å². The Hall–Kier alpha value is -2.34. The van der Waals surface area contributed by atoms with Crippen LogP contribution in [0.4, 0.5) is 0 Å². The van der Waals surface area contributed by atoms with Crippen LogP contribution in [0.3, 0.4) is 0 Å². The summed E-state index contributed by atoms with van der Waals surface area (Å²) in [7, 11) is 0. The second-order valence-electron chi connectivity index (χ2n) is 4.52. The normalized spacial score (nSPS) is 10.7. The van der Waals surface area contributed by atoms with E-state index >= 15 is 0 Å². The molecule has 0 unspecified atom stereocenters. The maximum atomic E-state index is 9.27. The third-order valence-electron chi connectivity index (χ3n) is 2.99. The largest absolute Gasteiger partial charge is 0.508 e. The van der Waals surface area contributed by atoms with E-state index in [9.17, 15) is 5.11 Å². The lowest BCUT2D eigenvalue weighted by Gasteiger charge is -2.05. The molecule has 3 aromatic rings. The van der Waals surface area contributed by atoms with Crippen LogP contribution >= 0.6 is 11.8 Å². The molecule has 0 bridgehead atoms. The van der Waals surface area contributed by atoms with Gasteiger partial charge in [0, 0.05) is 4.90 Å². The molecule has 0 saturated heterocycles. The highest BCUT2D eigenvalue weighted by molar-refractivity contribution is 7.98. The standard InChI is InChI=1S/C15H14N4OS/c20-13-6-8-14(9-7-13)21-11-15-16-17-18-19(15)10-12-4-2-1-3-5-12/h1-9,20H,10-11H2. The Bertz CT molecular complexity index is 697. The zero-order valence-corrected chi connectivity index (χ0v) is 12.1. The summed E-state index contributed by atoms with van der Waals surface area (Å²) in [5.74, 6) is 1.79. The molecule has 6 heteroatoms. The van der Waals surface area contributed by atoms with Gasteiger partial charge < -0.3 is 5.11 Å². The van der Waals surface area contributed by atoms with E-state index in [0.717, 1.165) is 10.7 Å². The maximum absolute atomic E-state index is 9.27. The zero-order chi connectivity index (χ0) is 14.5. The number of nitrogens with zero attached hydrogens (tertiary/aromatic N) is 4. The summed E-state index contributed by atoms with van der Waals surface area (Å²) >= 11 is 1.64. The number of hydrogen-bond acceptors (Lipinski definition) is 5. The van der Waals surface area contributed by atoms with Crippen molar-refractivity contribution in [3.63, 3.8) is 0 Å². The number of thioether (sulfide) groups is 1. The molecule has 2 aromatic carbocycles. The van der Waals surface area contributed by atoms with Gasteiger partial charge in [0.15, 0.2) is 5.82 Å². The monoisotopic (exact) mass is 298 g/mol. The molecule has 0 fully saturated rings. The van der Waals surface area contributed by atoms with Gasteiger partial charge in [0.05, 0.1) is 12.3 Å². The van der Waals surface area contributed by atoms with Crippen LogP contribution in [-0.4, -0.2) is 25.3 Å². The maximum Gasteiger partial charge on any atom is 0.161 e. The lowest BCUT2D eigenvalue weighted by molar-refractivity contribution is 0.475. The van der Waals surface area contributed by atoms with Crippen LogP contribution in [0.2, 0.25) is 0 Å². The first-order chi connectivity index (χ1) is 10.3. The fraction of sp³-hybridized carbons (Fsp3) is 0.133. The minimum Gasteiger partial charge on any atom is -0.508 e. The Balaban J connectivity index is 1.66. The van der Waals surface area contributed by atoms with Gasteiger partial charge in [-0.1, -0.05) is 30.3 Å². The van der Waals surface area contributed by atoms with Crippen LogP contribution < -0.4 is 0 Å². The first-order valence-corrected chi connectivity index (χ1v) is 7.50. The predicted octanol–water partition coefficient (Wildman–Crippen LogP) is 2.72. The van der Waals surface area contributed by atoms with Gasteiger partial charge in [0.1, 0.15) is 5.75 Å². The minimum atomic E-state index is 0.272. The highest BCUT2D eigenvalue weighted by Gasteiger charge is 2.07. The average Bonchev–Trinajstić information content (AvgIpc) is 2.95. The Morgan fingerprint density at radius 2 is 1.76 bits per heavy atom. The van der Waals surface area contributed by atoms with Gasteiger partial charge in [-0.15, -0.1) is 16.9 Å². The van der Waals surface area contributed by atoms with Gasteiger partial charge in [0.25, 0.3) is 0 Å².